The monoisotopic (exact) mass is 371 g/mol. The molecule has 4 atom stereocenters. The van der Waals surface area contributed by atoms with Crippen LogP contribution in [0.4, 0.5) is 0 Å². The van der Waals surface area contributed by atoms with Crippen LogP contribution in [-0.4, -0.2) is 40.5 Å². The lowest BCUT2D eigenvalue weighted by Crippen LogP contribution is -2.38. The average molecular weight is 372 g/mol. The van der Waals surface area contributed by atoms with Gasteiger partial charge in [-0.3, -0.25) is 9.58 Å². The fourth-order valence-corrected chi connectivity index (χ4v) is 5.53. The highest BCUT2D eigenvalue weighted by atomic mass is 32.1. The summed E-state index contributed by atoms with van der Waals surface area (Å²) in [6, 6.07) is 2.67. The molecule has 1 aliphatic heterocycles. The molecular weight excluding hydrogens is 342 g/mol. The van der Waals surface area contributed by atoms with E-state index in [-0.39, 0.29) is 0 Å². The number of aryl methyl sites for hydroxylation is 1. The number of rotatable bonds is 6. The standard InChI is InChI=1S/C21H29N3OS/c1-15-8-22-24(9-15)20-6-18-11-23(10-17-4-5-26-14-17)12-19(18)7-21(20)25-13-16-2-3-16/h4-5,8-9,14,16,18-21H,2-3,6-7,10-13H2,1H3/t18-,19+,20-,21-/m0/s1. The maximum absolute atomic E-state index is 6.45. The maximum atomic E-state index is 6.45. The molecule has 1 saturated heterocycles. The molecule has 0 radical (unpaired) electrons. The molecule has 0 bridgehead atoms. The van der Waals surface area contributed by atoms with E-state index in [4.69, 9.17) is 4.74 Å². The van der Waals surface area contributed by atoms with Crippen molar-refractivity contribution in [2.45, 2.75) is 51.3 Å². The summed E-state index contributed by atoms with van der Waals surface area (Å²) in [5, 5.41) is 9.13. The highest BCUT2D eigenvalue weighted by Crippen LogP contribution is 2.43. The van der Waals surface area contributed by atoms with Gasteiger partial charge >= 0.3 is 0 Å². The first-order valence-electron chi connectivity index (χ1n) is 10.1. The second-order valence-corrected chi connectivity index (χ2v) is 9.48. The van der Waals surface area contributed by atoms with Gasteiger partial charge in [0.15, 0.2) is 0 Å². The third kappa shape index (κ3) is 3.62. The number of likely N-dealkylation sites (tertiary alicyclic amines) is 1. The minimum Gasteiger partial charge on any atom is -0.376 e. The zero-order chi connectivity index (χ0) is 17.5. The van der Waals surface area contributed by atoms with Gasteiger partial charge in [-0.15, -0.1) is 0 Å². The molecule has 0 N–H and O–H groups in total. The van der Waals surface area contributed by atoms with Crippen LogP contribution in [0.3, 0.4) is 0 Å². The van der Waals surface area contributed by atoms with Crippen molar-refractivity contribution in [3.05, 3.63) is 40.3 Å². The van der Waals surface area contributed by atoms with Crippen molar-refractivity contribution in [2.24, 2.45) is 17.8 Å². The summed E-state index contributed by atoms with van der Waals surface area (Å²) in [5.74, 6) is 2.39. The van der Waals surface area contributed by atoms with Crippen LogP contribution in [-0.2, 0) is 11.3 Å². The second kappa shape index (κ2) is 7.10. The Hall–Kier alpha value is -1.17. The van der Waals surface area contributed by atoms with Crippen molar-refractivity contribution >= 4 is 11.3 Å². The average Bonchev–Trinajstić information content (AvgIpc) is 2.98. The molecular formula is C21H29N3OS. The van der Waals surface area contributed by atoms with Crippen LogP contribution in [0.1, 0.15) is 42.9 Å². The summed E-state index contributed by atoms with van der Waals surface area (Å²) in [7, 11) is 0. The summed E-state index contributed by atoms with van der Waals surface area (Å²) >= 11 is 1.81. The molecule has 4 nitrogen and oxygen atoms in total. The van der Waals surface area contributed by atoms with Gasteiger partial charge in [0.05, 0.1) is 18.3 Å². The quantitative estimate of drug-likeness (QED) is 0.765. The fraction of sp³-hybridized carbons (Fsp3) is 0.667. The van der Waals surface area contributed by atoms with Gasteiger partial charge in [0.1, 0.15) is 0 Å². The van der Waals surface area contributed by atoms with E-state index in [1.165, 1.54) is 49.9 Å². The number of ether oxygens (including phenoxy) is 1. The first-order chi connectivity index (χ1) is 12.7. The molecule has 3 fully saturated rings. The van der Waals surface area contributed by atoms with Gasteiger partial charge in [-0.25, -0.2) is 0 Å². The Morgan fingerprint density at radius 2 is 2.08 bits per heavy atom. The van der Waals surface area contributed by atoms with E-state index in [0.717, 1.165) is 30.9 Å². The minimum absolute atomic E-state index is 0.331. The van der Waals surface area contributed by atoms with E-state index >= 15 is 0 Å². The van der Waals surface area contributed by atoms with E-state index in [1.807, 2.05) is 6.20 Å². The molecule has 2 aliphatic carbocycles. The molecule has 0 amide bonds. The van der Waals surface area contributed by atoms with Crippen LogP contribution in [0.25, 0.3) is 0 Å². The summed E-state index contributed by atoms with van der Waals surface area (Å²) in [5.41, 5.74) is 2.72. The Morgan fingerprint density at radius 1 is 1.23 bits per heavy atom. The molecule has 140 valence electrons. The van der Waals surface area contributed by atoms with Gasteiger partial charge in [0, 0.05) is 32.4 Å². The Morgan fingerprint density at radius 3 is 2.77 bits per heavy atom. The number of thiophene rings is 1. The molecule has 0 spiro atoms. The topological polar surface area (TPSA) is 30.3 Å². The fourth-order valence-electron chi connectivity index (χ4n) is 4.87. The summed E-state index contributed by atoms with van der Waals surface area (Å²) in [6.45, 7) is 6.65. The molecule has 3 heterocycles. The van der Waals surface area contributed by atoms with Crippen molar-refractivity contribution in [3.63, 3.8) is 0 Å². The Bertz CT molecular complexity index is 723. The van der Waals surface area contributed by atoms with Crippen LogP contribution < -0.4 is 0 Å². The molecule has 3 aliphatic rings. The van der Waals surface area contributed by atoms with Crippen molar-refractivity contribution in [1.29, 1.82) is 0 Å². The molecule has 0 aromatic carbocycles. The van der Waals surface area contributed by atoms with Crippen LogP contribution in [0.2, 0.25) is 0 Å². The van der Waals surface area contributed by atoms with Crippen molar-refractivity contribution in [3.8, 4) is 0 Å². The molecule has 2 aromatic heterocycles. The number of hydrogen-bond donors (Lipinski definition) is 0. The van der Waals surface area contributed by atoms with Gasteiger partial charge in [-0.05, 0) is 78.3 Å². The van der Waals surface area contributed by atoms with Gasteiger partial charge in [0.25, 0.3) is 0 Å². The van der Waals surface area contributed by atoms with Crippen LogP contribution in [0.15, 0.2) is 29.2 Å². The highest BCUT2D eigenvalue weighted by Gasteiger charge is 2.44. The maximum Gasteiger partial charge on any atom is 0.0802 e. The Labute approximate surface area is 160 Å². The lowest BCUT2D eigenvalue weighted by atomic mass is 9.77. The number of nitrogens with zero attached hydrogens (tertiary/aromatic N) is 3. The molecule has 26 heavy (non-hydrogen) atoms. The van der Waals surface area contributed by atoms with E-state index < -0.39 is 0 Å². The SMILES string of the molecule is Cc1cnn([C@H]2C[C@H]3CN(Cc4ccsc4)C[C@H]3C[C@@H]2OCC2CC2)c1. The van der Waals surface area contributed by atoms with E-state index in [0.29, 0.717) is 12.1 Å². The van der Waals surface area contributed by atoms with E-state index in [9.17, 15) is 0 Å². The van der Waals surface area contributed by atoms with E-state index in [1.54, 1.807) is 11.3 Å². The van der Waals surface area contributed by atoms with Gasteiger partial charge < -0.3 is 4.74 Å². The van der Waals surface area contributed by atoms with Gasteiger partial charge in [-0.2, -0.15) is 16.4 Å². The van der Waals surface area contributed by atoms with Crippen molar-refractivity contribution < 1.29 is 4.74 Å². The largest absolute Gasteiger partial charge is 0.376 e. The molecule has 5 heteroatoms. The number of hydrogen-bond acceptors (Lipinski definition) is 4. The molecule has 0 unspecified atom stereocenters. The third-order valence-corrected chi connectivity index (χ3v) is 7.19. The second-order valence-electron chi connectivity index (χ2n) is 8.70. The summed E-state index contributed by atoms with van der Waals surface area (Å²) in [4.78, 5) is 2.66. The molecule has 2 aromatic rings. The predicted molar refractivity (Wildman–Crippen MR) is 104 cm³/mol. The van der Waals surface area contributed by atoms with Crippen LogP contribution in [0.5, 0.6) is 0 Å². The lowest BCUT2D eigenvalue weighted by molar-refractivity contribution is -0.0371. The normalized spacial score (nSPS) is 32.0. The summed E-state index contributed by atoms with van der Waals surface area (Å²) in [6.07, 6.45) is 9.65. The van der Waals surface area contributed by atoms with Crippen molar-refractivity contribution in [1.82, 2.24) is 14.7 Å². The van der Waals surface area contributed by atoms with Crippen LogP contribution in [0, 0.1) is 24.7 Å². The first kappa shape index (κ1) is 17.0. The smallest absolute Gasteiger partial charge is 0.0802 e. The molecule has 2 saturated carbocycles. The highest BCUT2D eigenvalue weighted by molar-refractivity contribution is 7.07. The van der Waals surface area contributed by atoms with Gasteiger partial charge in [0.2, 0.25) is 0 Å². The van der Waals surface area contributed by atoms with Crippen molar-refractivity contribution in [2.75, 3.05) is 19.7 Å². The third-order valence-electron chi connectivity index (χ3n) is 6.46. The van der Waals surface area contributed by atoms with Gasteiger partial charge in [-0.1, -0.05) is 0 Å². The predicted octanol–water partition coefficient (Wildman–Crippen LogP) is 4.13. The van der Waals surface area contributed by atoms with E-state index in [2.05, 4.69) is 44.6 Å². The first-order valence-corrected chi connectivity index (χ1v) is 11.0. The number of fused-ring (bicyclic) bond motifs is 1. The minimum atomic E-state index is 0.331. The Kier molecular flexibility index (Phi) is 4.63. The zero-order valence-electron chi connectivity index (χ0n) is 15.6. The zero-order valence-corrected chi connectivity index (χ0v) is 16.4. The number of aromatic nitrogens is 2. The lowest BCUT2D eigenvalue weighted by Gasteiger charge is -2.38. The van der Waals surface area contributed by atoms with Crippen LogP contribution >= 0.6 is 11.3 Å². The summed E-state index contributed by atoms with van der Waals surface area (Å²) < 4.78 is 8.65. The Balaban J connectivity index is 1.29. The molecule has 5 rings (SSSR count).